The van der Waals surface area contributed by atoms with Gasteiger partial charge in [0.15, 0.2) is 0 Å². The molecule has 0 N–H and O–H groups in total. The molecule has 0 aliphatic rings. The molecule has 4 rings (SSSR count). The summed E-state index contributed by atoms with van der Waals surface area (Å²) in [6.45, 7) is 0.349. The Morgan fingerprint density at radius 2 is 1.96 bits per heavy atom. The van der Waals surface area contributed by atoms with Crippen LogP contribution < -0.4 is 10.3 Å². The van der Waals surface area contributed by atoms with Crippen LogP contribution in [0.25, 0.3) is 20.7 Å². The number of fused-ring (bicyclic) bond motifs is 1. The summed E-state index contributed by atoms with van der Waals surface area (Å²) in [4.78, 5) is 19.2. The number of hydrogen-bond acceptors (Lipinski definition) is 4. The molecule has 0 aliphatic heterocycles. The third-order valence-electron chi connectivity index (χ3n) is 4.16. The minimum atomic E-state index is -0.0736. The summed E-state index contributed by atoms with van der Waals surface area (Å²) in [5.74, 6) is 0.691. The molecule has 2 aromatic carbocycles. The van der Waals surface area contributed by atoms with E-state index in [2.05, 4.69) is 4.98 Å². The van der Waals surface area contributed by atoms with Crippen molar-refractivity contribution in [3.8, 4) is 16.2 Å². The lowest BCUT2D eigenvalue weighted by Crippen LogP contribution is -2.20. The van der Waals surface area contributed by atoms with Crippen molar-refractivity contribution in [2.45, 2.75) is 6.54 Å². The number of thiophene rings is 1. The van der Waals surface area contributed by atoms with E-state index in [0.29, 0.717) is 22.7 Å². The van der Waals surface area contributed by atoms with Crippen molar-refractivity contribution in [1.29, 1.82) is 0 Å². The third kappa shape index (κ3) is 3.11. The highest BCUT2D eigenvalue weighted by molar-refractivity contribution is 7.21. The summed E-state index contributed by atoms with van der Waals surface area (Å²) in [6, 6.07) is 17.3. The van der Waals surface area contributed by atoms with Crippen LogP contribution in [-0.4, -0.2) is 16.7 Å². The molecule has 0 saturated carbocycles. The van der Waals surface area contributed by atoms with Crippen LogP contribution in [0.15, 0.2) is 65.7 Å². The molecular formula is C20H15ClN2O2S. The molecule has 0 atom stereocenters. The molecule has 0 aliphatic carbocycles. The lowest BCUT2D eigenvalue weighted by atomic mass is 10.2. The highest BCUT2D eigenvalue weighted by atomic mass is 35.5. The Bertz CT molecular complexity index is 1140. The Labute approximate surface area is 159 Å². The maximum Gasteiger partial charge on any atom is 0.262 e. The van der Waals surface area contributed by atoms with E-state index < -0.39 is 0 Å². The van der Waals surface area contributed by atoms with Crippen molar-refractivity contribution in [3.63, 3.8) is 0 Å². The second-order valence-electron chi connectivity index (χ2n) is 5.83. The first kappa shape index (κ1) is 16.8. The SMILES string of the molecule is COc1ccc(Cl)cc1Cn1cnc2sc(-c3ccccc3)cc2c1=O. The van der Waals surface area contributed by atoms with E-state index >= 15 is 0 Å². The Morgan fingerprint density at radius 1 is 1.15 bits per heavy atom. The Balaban J connectivity index is 1.77. The van der Waals surface area contributed by atoms with Gasteiger partial charge in [-0.2, -0.15) is 0 Å². The molecule has 2 heterocycles. The van der Waals surface area contributed by atoms with E-state index in [4.69, 9.17) is 16.3 Å². The minimum absolute atomic E-state index is 0.0736. The molecule has 0 bridgehead atoms. The van der Waals surface area contributed by atoms with Gasteiger partial charge in [-0.25, -0.2) is 4.98 Å². The summed E-state index contributed by atoms with van der Waals surface area (Å²) in [7, 11) is 1.60. The molecule has 6 heteroatoms. The molecule has 130 valence electrons. The van der Waals surface area contributed by atoms with Gasteiger partial charge in [-0.05, 0) is 29.8 Å². The zero-order chi connectivity index (χ0) is 18.1. The molecule has 4 nitrogen and oxygen atoms in total. The van der Waals surface area contributed by atoms with Gasteiger partial charge in [0.1, 0.15) is 10.6 Å². The summed E-state index contributed by atoms with van der Waals surface area (Å²) in [6.07, 6.45) is 1.58. The maximum atomic E-state index is 12.9. The fourth-order valence-corrected chi connectivity index (χ4v) is 4.06. The van der Waals surface area contributed by atoms with Crippen molar-refractivity contribution in [1.82, 2.24) is 9.55 Å². The van der Waals surface area contributed by atoms with Gasteiger partial charge in [-0.3, -0.25) is 9.36 Å². The van der Waals surface area contributed by atoms with E-state index in [-0.39, 0.29) is 5.56 Å². The molecule has 0 fully saturated rings. The van der Waals surface area contributed by atoms with Crippen molar-refractivity contribution in [2.24, 2.45) is 0 Å². The van der Waals surface area contributed by atoms with E-state index in [0.717, 1.165) is 20.8 Å². The molecular weight excluding hydrogens is 368 g/mol. The van der Waals surface area contributed by atoms with E-state index in [1.54, 1.807) is 36.2 Å². The normalized spacial score (nSPS) is 11.0. The highest BCUT2D eigenvalue weighted by Gasteiger charge is 2.12. The van der Waals surface area contributed by atoms with E-state index in [1.165, 1.54) is 11.3 Å². The summed E-state index contributed by atoms with van der Waals surface area (Å²) >= 11 is 7.61. The first-order valence-electron chi connectivity index (χ1n) is 8.02. The molecule has 4 aromatic rings. The smallest absolute Gasteiger partial charge is 0.262 e. The van der Waals surface area contributed by atoms with Crippen LogP contribution in [0.3, 0.4) is 0 Å². The molecule has 0 unspecified atom stereocenters. The number of ether oxygens (including phenoxy) is 1. The fourth-order valence-electron chi connectivity index (χ4n) is 2.87. The first-order chi connectivity index (χ1) is 12.7. The highest BCUT2D eigenvalue weighted by Crippen LogP contribution is 2.30. The van der Waals surface area contributed by atoms with Gasteiger partial charge in [0.2, 0.25) is 0 Å². The van der Waals surface area contributed by atoms with Crippen molar-refractivity contribution < 1.29 is 4.74 Å². The van der Waals surface area contributed by atoms with Gasteiger partial charge in [-0.15, -0.1) is 11.3 Å². The van der Waals surface area contributed by atoms with Crippen LogP contribution >= 0.6 is 22.9 Å². The number of rotatable bonds is 4. The minimum Gasteiger partial charge on any atom is -0.496 e. The summed E-state index contributed by atoms with van der Waals surface area (Å²) < 4.78 is 6.95. The van der Waals surface area contributed by atoms with Crippen LogP contribution in [0.1, 0.15) is 5.56 Å². The van der Waals surface area contributed by atoms with E-state index in [1.807, 2.05) is 36.4 Å². The van der Waals surface area contributed by atoms with Gasteiger partial charge in [-0.1, -0.05) is 41.9 Å². The van der Waals surface area contributed by atoms with E-state index in [9.17, 15) is 4.79 Å². The second kappa shape index (κ2) is 6.94. The lowest BCUT2D eigenvalue weighted by molar-refractivity contribution is 0.408. The molecule has 0 amide bonds. The number of aromatic nitrogens is 2. The zero-order valence-electron chi connectivity index (χ0n) is 14.0. The van der Waals surface area contributed by atoms with Crippen LogP contribution in [0.5, 0.6) is 5.75 Å². The monoisotopic (exact) mass is 382 g/mol. The lowest BCUT2D eigenvalue weighted by Gasteiger charge is -2.10. The molecule has 2 aromatic heterocycles. The fraction of sp³-hybridized carbons (Fsp3) is 0.100. The van der Waals surface area contributed by atoms with Crippen LogP contribution in [0.2, 0.25) is 5.02 Å². The molecule has 0 saturated heterocycles. The van der Waals surface area contributed by atoms with Crippen LogP contribution in [-0.2, 0) is 6.54 Å². The average Bonchev–Trinajstić information content (AvgIpc) is 3.10. The van der Waals surface area contributed by atoms with Gasteiger partial charge in [0.05, 0.1) is 25.4 Å². The topological polar surface area (TPSA) is 44.1 Å². The average molecular weight is 383 g/mol. The van der Waals surface area contributed by atoms with Crippen molar-refractivity contribution in [3.05, 3.63) is 81.9 Å². The number of benzene rings is 2. The number of methoxy groups -OCH3 is 1. The predicted molar refractivity (Wildman–Crippen MR) is 106 cm³/mol. The quantitative estimate of drug-likeness (QED) is 0.507. The molecule has 0 radical (unpaired) electrons. The van der Waals surface area contributed by atoms with Crippen molar-refractivity contribution in [2.75, 3.05) is 7.11 Å². The predicted octanol–water partition coefficient (Wildman–Crippen LogP) is 4.84. The van der Waals surface area contributed by atoms with Gasteiger partial charge >= 0.3 is 0 Å². The second-order valence-corrected chi connectivity index (χ2v) is 7.30. The Kier molecular flexibility index (Phi) is 4.49. The maximum absolute atomic E-state index is 12.9. The van der Waals surface area contributed by atoms with Crippen LogP contribution in [0, 0.1) is 0 Å². The standard InChI is InChI=1S/C20H15ClN2O2S/c1-25-17-8-7-15(21)9-14(17)11-23-12-22-19-16(20(23)24)10-18(26-19)13-5-3-2-4-6-13/h2-10,12H,11H2,1H3. The number of hydrogen-bond donors (Lipinski definition) is 0. The largest absolute Gasteiger partial charge is 0.496 e. The number of nitrogens with zero attached hydrogens (tertiary/aromatic N) is 2. The first-order valence-corrected chi connectivity index (χ1v) is 9.22. The zero-order valence-corrected chi connectivity index (χ0v) is 15.6. The van der Waals surface area contributed by atoms with Gasteiger partial charge in [0, 0.05) is 15.5 Å². The van der Waals surface area contributed by atoms with Gasteiger partial charge < -0.3 is 4.74 Å². The Hall–Kier alpha value is -2.63. The third-order valence-corrected chi connectivity index (χ3v) is 5.49. The molecule has 26 heavy (non-hydrogen) atoms. The summed E-state index contributed by atoms with van der Waals surface area (Å²) in [5, 5.41) is 1.22. The van der Waals surface area contributed by atoms with Crippen molar-refractivity contribution >= 4 is 33.2 Å². The Morgan fingerprint density at radius 3 is 2.73 bits per heavy atom. The molecule has 0 spiro atoms. The number of halogens is 1. The van der Waals surface area contributed by atoms with Gasteiger partial charge in [0.25, 0.3) is 5.56 Å². The van der Waals surface area contributed by atoms with Crippen LogP contribution in [0.4, 0.5) is 0 Å². The summed E-state index contributed by atoms with van der Waals surface area (Å²) in [5.41, 5.74) is 1.84.